The number of hydrogen-bond donors (Lipinski definition) is 1. The quantitative estimate of drug-likeness (QED) is 0.374. The maximum absolute atomic E-state index is 10.9. The van der Waals surface area contributed by atoms with Crippen LogP contribution >= 0.6 is 0 Å². The lowest BCUT2D eigenvalue weighted by atomic mass is 9.99. The molecule has 1 aromatic rings. The second-order valence-electron chi connectivity index (χ2n) is 11.6. The van der Waals surface area contributed by atoms with Crippen LogP contribution in [0.1, 0.15) is 32.8 Å². The number of hydrogen-bond acceptors (Lipinski definition) is 10. The highest BCUT2D eigenvalue weighted by atomic mass is 28.4. The van der Waals surface area contributed by atoms with Crippen LogP contribution in [0.2, 0.25) is 18.1 Å². The molecule has 2 aliphatic rings. The molecule has 8 atom stereocenters. The largest absolute Gasteiger partial charge is 0.497 e. The maximum atomic E-state index is 10.9. The molecule has 2 heterocycles. The third-order valence-corrected chi connectivity index (χ3v) is 12.5. The zero-order chi connectivity index (χ0) is 28.8. The summed E-state index contributed by atoms with van der Waals surface area (Å²) < 4.78 is 52.9. The van der Waals surface area contributed by atoms with E-state index in [2.05, 4.69) is 33.9 Å². The van der Waals surface area contributed by atoms with Crippen molar-refractivity contribution >= 4 is 8.32 Å². The average molecular weight is 573 g/mol. The van der Waals surface area contributed by atoms with Crippen LogP contribution < -0.4 is 4.74 Å². The summed E-state index contributed by atoms with van der Waals surface area (Å²) >= 11 is 0. The first-order valence-electron chi connectivity index (χ1n) is 13.5. The van der Waals surface area contributed by atoms with Crippen LogP contribution in [0.15, 0.2) is 24.3 Å². The van der Waals surface area contributed by atoms with Gasteiger partial charge < -0.3 is 47.4 Å². The first kappa shape index (κ1) is 32.4. The number of rotatable bonds is 12. The molecule has 1 N–H and O–H groups in total. The maximum Gasteiger partial charge on any atom is 0.192 e. The van der Waals surface area contributed by atoms with Gasteiger partial charge in [-0.25, -0.2) is 0 Å². The summed E-state index contributed by atoms with van der Waals surface area (Å²) in [7, 11) is 4.12. The fourth-order valence-electron chi connectivity index (χ4n) is 4.53. The first-order valence-corrected chi connectivity index (χ1v) is 16.4. The highest BCUT2D eigenvalue weighted by molar-refractivity contribution is 6.74. The molecule has 2 saturated heterocycles. The second kappa shape index (κ2) is 14.2. The summed E-state index contributed by atoms with van der Waals surface area (Å²) in [6, 6.07) is 7.81. The van der Waals surface area contributed by atoms with E-state index in [0.29, 0.717) is 19.6 Å². The molecule has 0 aliphatic carbocycles. The molecule has 0 saturated carbocycles. The lowest BCUT2D eigenvalue weighted by Crippen LogP contribution is -2.60. The first-order chi connectivity index (χ1) is 18.4. The van der Waals surface area contributed by atoms with E-state index in [9.17, 15) is 5.11 Å². The van der Waals surface area contributed by atoms with Crippen molar-refractivity contribution in [1.29, 1.82) is 0 Å². The van der Waals surface area contributed by atoms with E-state index in [4.69, 9.17) is 42.3 Å². The molecule has 0 unspecified atom stereocenters. The van der Waals surface area contributed by atoms with Crippen molar-refractivity contribution < 1.29 is 47.4 Å². The van der Waals surface area contributed by atoms with E-state index in [1.165, 1.54) is 21.3 Å². The molecule has 0 aromatic heterocycles. The highest BCUT2D eigenvalue weighted by Crippen LogP contribution is 2.39. The summed E-state index contributed by atoms with van der Waals surface area (Å²) in [5, 5.41) is 10.9. The standard InChI is InChI=1S/C28H48O10Si/c1-28(2,3)39(8,9)38-20-14-23(35-16-21(20)34-15-18-10-12-19(30-4)13-11-18)36-17-22-24(29)25(31-5)26(32-6)27(33-7)37-22/h10-13,20-27,29H,14-17H2,1-9H3/t20-,21-,22-,23-,24-,25+,26-,27+/m1/s1. The molecule has 0 bridgehead atoms. The van der Waals surface area contributed by atoms with Crippen molar-refractivity contribution in [2.45, 2.75) is 101 Å². The van der Waals surface area contributed by atoms with Crippen molar-refractivity contribution in [2.24, 2.45) is 0 Å². The van der Waals surface area contributed by atoms with Gasteiger partial charge in [-0.15, -0.1) is 0 Å². The van der Waals surface area contributed by atoms with E-state index in [0.717, 1.165) is 11.3 Å². The van der Waals surface area contributed by atoms with Crippen molar-refractivity contribution in [2.75, 3.05) is 41.7 Å². The van der Waals surface area contributed by atoms with Crippen LogP contribution in [0.5, 0.6) is 5.75 Å². The van der Waals surface area contributed by atoms with Crippen LogP contribution in [0, 0.1) is 0 Å². The fraction of sp³-hybridized carbons (Fsp3) is 0.786. The van der Waals surface area contributed by atoms with Crippen molar-refractivity contribution in [3.05, 3.63) is 29.8 Å². The summed E-state index contributed by atoms with van der Waals surface area (Å²) in [6.07, 6.45) is -4.05. The number of benzene rings is 1. The monoisotopic (exact) mass is 572 g/mol. The van der Waals surface area contributed by atoms with Gasteiger partial charge in [0, 0.05) is 27.8 Å². The van der Waals surface area contributed by atoms with Crippen molar-refractivity contribution in [3.63, 3.8) is 0 Å². The van der Waals surface area contributed by atoms with Gasteiger partial charge in [0.2, 0.25) is 0 Å². The molecule has 10 nitrogen and oxygen atoms in total. The summed E-state index contributed by atoms with van der Waals surface area (Å²) in [6.45, 7) is 11.9. The molecule has 39 heavy (non-hydrogen) atoms. The van der Waals surface area contributed by atoms with E-state index in [1.54, 1.807) is 7.11 Å². The molecular formula is C28H48O10Si. The molecule has 3 rings (SSSR count). The second-order valence-corrected chi connectivity index (χ2v) is 16.4. The zero-order valence-electron chi connectivity index (χ0n) is 24.9. The third-order valence-electron chi connectivity index (χ3n) is 8.00. The molecule has 11 heteroatoms. The third kappa shape index (κ3) is 8.22. The van der Waals surface area contributed by atoms with Gasteiger partial charge in [-0.1, -0.05) is 32.9 Å². The Labute approximate surface area is 234 Å². The Morgan fingerprint density at radius 2 is 1.59 bits per heavy atom. The lowest BCUT2D eigenvalue weighted by molar-refractivity contribution is -0.314. The average Bonchev–Trinajstić information content (AvgIpc) is 2.90. The van der Waals surface area contributed by atoms with E-state index in [1.807, 2.05) is 24.3 Å². The SMILES string of the molecule is COc1ccc(CO[C@@H]2CO[C@H](OC[C@H]3O[C@H](OC)[C@H](OC)[C@@H](OC)[C@@H]3O)C[C@H]2O[Si](C)(C)C(C)(C)C)cc1. The van der Waals surface area contributed by atoms with Crippen LogP contribution in [0.4, 0.5) is 0 Å². The van der Waals surface area contributed by atoms with Gasteiger partial charge in [0.1, 0.15) is 36.3 Å². The van der Waals surface area contributed by atoms with Crippen LogP contribution in [-0.2, 0) is 44.2 Å². The number of aliphatic hydroxyl groups excluding tert-OH is 1. The minimum Gasteiger partial charge on any atom is -0.497 e. The number of ether oxygens (including phenoxy) is 8. The van der Waals surface area contributed by atoms with Crippen molar-refractivity contribution in [3.8, 4) is 5.75 Å². The van der Waals surface area contributed by atoms with E-state index < -0.39 is 45.3 Å². The molecule has 2 aliphatic heterocycles. The number of methoxy groups -OCH3 is 4. The van der Waals surface area contributed by atoms with Gasteiger partial charge in [-0.3, -0.25) is 0 Å². The molecule has 2 fully saturated rings. The molecule has 1 aromatic carbocycles. The predicted molar refractivity (Wildman–Crippen MR) is 147 cm³/mol. The topological polar surface area (TPSA) is 103 Å². The minimum absolute atomic E-state index is 0.0322. The van der Waals surface area contributed by atoms with Gasteiger partial charge in [-0.2, -0.15) is 0 Å². The van der Waals surface area contributed by atoms with E-state index >= 15 is 0 Å². The molecule has 224 valence electrons. The Balaban J connectivity index is 1.65. The highest BCUT2D eigenvalue weighted by Gasteiger charge is 2.47. The molecule has 0 radical (unpaired) electrons. The normalized spacial score (nSPS) is 32.3. The van der Waals surface area contributed by atoms with Crippen LogP contribution in [0.3, 0.4) is 0 Å². The van der Waals surface area contributed by atoms with Crippen molar-refractivity contribution in [1.82, 2.24) is 0 Å². The Kier molecular flexibility index (Phi) is 11.8. The van der Waals surface area contributed by atoms with Crippen LogP contribution in [-0.4, -0.2) is 104 Å². The van der Waals surface area contributed by atoms with Gasteiger partial charge in [0.25, 0.3) is 0 Å². The summed E-state index contributed by atoms with van der Waals surface area (Å²) in [4.78, 5) is 0. The Bertz CT molecular complexity index is 861. The molecule has 0 spiro atoms. The lowest BCUT2D eigenvalue weighted by Gasteiger charge is -2.45. The predicted octanol–water partition coefficient (Wildman–Crippen LogP) is 3.50. The van der Waals surface area contributed by atoms with Gasteiger partial charge in [-0.05, 0) is 35.8 Å². The van der Waals surface area contributed by atoms with Gasteiger partial charge in [0.05, 0.1) is 33.0 Å². The Morgan fingerprint density at radius 1 is 0.923 bits per heavy atom. The van der Waals surface area contributed by atoms with Gasteiger partial charge >= 0.3 is 0 Å². The number of aliphatic hydroxyl groups is 1. The Hall–Kier alpha value is -1.12. The van der Waals surface area contributed by atoms with Crippen LogP contribution in [0.25, 0.3) is 0 Å². The zero-order valence-corrected chi connectivity index (χ0v) is 25.9. The summed E-state index contributed by atoms with van der Waals surface area (Å²) in [5.74, 6) is 0.803. The fourth-order valence-corrected chi connectivity index (χ4v) is 5.89. The molecular weight excluding hydrogens is 524 g/mol. The minimum atomic E-state index is -2.11. The molecule has 0 amide bonds. The Morgan fingerprint density at radius 3 is 2.15 bits per heavy atom. The summed E-state index contributed by atoms with van der Waals surface area (Å²) in [5.41, 5.74) is 1.04. The van der Waals surface area contributed by atoms with Gasteiger partial charge in [0.15, 0.2) is 20.9 Å². The smallest absolute Gasteiger partial charge is 0.192 e. The van der Waals surface area contributed by atoms with E-state index in [-0.39, 0.29) is 23.9 Å².